The van der Waals surface area contributed by atoms with Crippen LogP contribution in [0.4, 0.5) is 0 Å². The fourth-order valence-corrected chi connectivity index (χ4v) is 5.75. The van der Waals surface area contributed by atoms with Crippen LogP contribution in [0.1, 0.15) is 25.7 Å². The van der Waals surface area contributed by atoms with Crippen molar-refractivity contribution in [3.05, 3.63) is 53.6 Å². The molecule has 1 fully saturated rings. The van der Waals surface area contributed by atoms with Crippen molar-refractivity contribution < 1.29 is 16.8 Å². The maximum absolute atomic E-state index is 12.7. The van der Waals surface area contributed by atoms with Gasteiger partial charge in [0.15, 0.2) is 0 Å². The van der Waals surface area contributed by atoms with Crippen LogP contribution in [0.2, 0.25) is 5.02 Å². The lowest BCUT2D eigenvalue weighted by Crippen LogP contribution is -2.32. The molecule has 1 aliphatic rings. The lowest BCUT2D eigenvalue weighted by atomic mass is 10.3. The zero-order chi connectivity index (χ0) is 18.1. The first-order valence-electron chi connectivity index (χ1n) is 7.92. The van der Waals surface area contributed by atoms with Gasteiger partial charge in [-0.3, -0.25) is 0 Å². The standard InChI is InChI=1S/C17H18ClNO4S2/c18-13-8-10-15(11-9-13)24(20,21)16-6-3-7-17(12-16)25(22,23)19-14-4-1-2-5-14/h3,6-12,14,19H,1-2,4-5H2. The van der Waals surface area contributed by atoms with Crippen LogP contribution < -0.4 is 4.72 Å². The number of nitrogens with one attached hydrogen (secondary N) is 1. The molecular weight excluding hydrogens is 382 g/mol. The third-order valence-electron chi connectivity index (χ3n) is 4.23. The Morgan fingerprint density at radius 1 is 0.840 bits per heavy atom. The third kappa shape index (κ3) is 4.06. The predicted octanol–water partition coefficient (Wildman–Crippen LogP) is 3.39. The van der Waals surface area contributed by atoms with Gasteiger partial charge in [-0.2, -0.15) is 0 Å². The summed E-state index contributed by atoms with van der Waals surface area (Å²) < 4.78 is 53.1. The van der Waals surface area contributed by atoms with Gasteiger partial charge in [-0.1, -0.05) is 30.5 Å². The topological polar surface area (TPSA) is 80.3 Å². The Balaban J connectivity index is 1.94. The normalized spacial score (nSPS) is 16.2. The van der Waals surface area contributed by atoms with Gasteiger partial charge in [-0.05, 0) is 55.3 Å². The van der Waals surface area contributed by atoms with Crippen LogP contribution in [0.5, 0.6) is 0 Å². The highest BCUT2D eigenvalue weighted by Gasteiger charge is 2.25. The molecule has 134 valence electrons. The van der Waals surface area contributed by atoms with Crippen LogP contribution in [-0.2, 0) is 19.9 Å². The van der Waals surface area contributed by atoms with E-state index in [0.717, 1.165) is 25.7 Å². The van der Waals surface area contributed by atoms with E-state index in [-0.39, 0.29) is 20.7 Å². The zero-order valence-electron chi connectivity index (χ0n) is 13.4. The minimum absolute atomic E-state index is 0.0468. The first-order valence-corrected chi connectivity index (χ1v) is 11.3. The number of sulfonamides is 1. The predicted molar refractivity (Wildman–Crippen MR) is 95.9 cm³/mol. The van der Waals surface area contributed by atoms with E-state index >= 15 is 0 Å². The average Bonchev–Trinajstić information content (AvgIpc) is 3.07. The fraction of sp³-hybridized carbons (Fsp3) is 0.294. The number of benzene rings is 2. The van der Waals surface area contributed by atoms with Crippen molar-refractivity contribution in [1.29, 1.82) is 0 Å². The highest BCUT2D eigenvalue weighted by atomic mass is 35.5. The molecular formula is C17H18ClNO4S2. The molecule has 5 nitrogen and oxygen atoms in total. The monoisotopic (exact) mass is 399 g/mol. The molecule has 0 bridgehead atoms. The van der Waals surface area contributed by atoms with Gasteiger partial charge in [0.2, 0.25) is 19.9 Å². The molecule has 0 amide bonds. The molecule has 1 N–H and O–H groups in total. The molecule has 2 aromatic carbocycles. The van der Waals surface area contributed by atoms with Crippen LogP contribution in [0.25, 0.3) is 0 Å². The van der Waals surface area contributed by atoms with Crippen LogP contribution in [-0.4, -0.2) is 22.9 Å². The van der Waals surface area contributed by atoms with E-state index in [1.807, 2.05) is 0 Å². The molecule has 8 heteroatoms. The van der Waals surface area contributed by atoms with E-state index in [0.29, 0.717) is 5.02 Å². The maximum atomic E-state index is 12.7. The Morgan fingerprint density at radius 3 is 2.08 bits per heavy atom. The largest absolute Gasteiger partial charge is 0.240 e. The van der Waals surface area contributed by atoms with Crippen LogP contribution in [0.15, 0.2) is 63.2 Å². The van der Waals surface area contributed by atoms with Gasteiger partial charge in [0, 0.05) is 11.1 Å². The average molecular weight is 400 g/mol. The van der Waals surface area contributed by atoms with Gasteiger partial charge in [0.05, 0.1) is 14.7 Å². The number of hydrogen-bond donors (Lipinski definition) is 1. The quantitative estimate of drug-likeness (QED) is 0.835. The van der Waals surface area contributed by atoms with Gasteiger partial charge in [0.1, 0.15) is 0 Å². The van der Waals surface area contributed by atoms with Crippen molar-refractivity contribution >= 4 is 31.5 Å². The van der Waals surface area contributed by atoms with Crippen LogP contribution >= 0.6 is 11.6 Å². The Bertz CT molecular complexity index is 964. The molecule has 0 saturated heterocycles. The van der Waals surface area contributed by atoms with E-state index in [1.54, 1.807) is 0 Å². The summed E-state index contributed by atoms with van der Waals surface area (Å²) in [4.78, 5) is -0.0474. The molecule has 0 heterocycles. The Morgan fingerprint density at radius 2 is 1.44 bits per heavy atom. The number of hydrogen-bond acceptors (Lipinski definition) is 4. The summed E-state index contributed by atoms with van der Waals surface area (Å²) in [7, 11) is -7.57. The fourth-order valence-electron chi connectivity index (χ4n) is 2.89. The molecule has 0 aliphatic heterocycles. The Kier molecular flexibility index (Phi) is 5.20. The van der Waals surface area contributed by atoms with Gasteiger partial charge in [-0.15, -0.1) is 0 Å². The highest BCUT2D eigenvalue weighted by molar-refractivity contribution is 7.91. The molecule has 1 aliphatic carbocycles. The van der Waals surface area contributed by atoms with E-state index in [1.165, 1.54) is 48.5 Å². The molecule has 0 aromatic heterocycles. The molecule has 0 atom stereocenters. The van der Waals surface area contributed by atoms with Gasteiger partial charge < -0.3 is 0 Å². The minimum Gasteiger partial charge on any atom is -0.219 e. The molecule has 0 spiro atoms. The summed E-state index contributed by atoms with van der Waals surface area (Å²) in [6.07, 6.45) is 3.61. The minimum atomic E-state index is -3.82. The molecule has 0 unspecified atom stereocenters. The van der Waals surface area contributed by atoms with Crippen LogP contribution in [0.3, 0.4) is 0 Å². The van der Waals surface area contributed by atoms with Gasteiger partial charge in [0.25, 0.3) is 0 Å². The van der Waals surface area contributed by atoms with Crippen LogP contribution in [0, 0.1) is 0 Å². The molecule has 25 heavy (non-hydrogen) atoms. The van der Waals surface area contributed by atoms with Crippen molar-refractivity contribution in [3.63, 3.8) is 0 Å². The summed E-state index contributed by atoms with van der Waals surface area (Å²) in [5.74, 6) is 0. The maximum Gasteiger partial charge on any atom is 0.240 e. The molecule has 2 aromatic rings. The first-order chi connectivity index (χ1) is 11.8. The van der Waals surface area contributed by atoms with E-state index in [4.69, 9.17) is 11.6 Å². The summed E-state index contributed by atoms with van der Waals surface area (Å²) in [6.45, 7) is 0. The third-order valence-corrected chi connectivity index (χ3v) is 7.76. The van der Waals surface area contributed by atoms with Crippen molar-refractivity contribution in [3.8, 4) is 0 Å². The van der Waals surface area contributed by atoms with Crippen molar-refractivity contribution in [2.75, 3.05) is 0 Å². The second-order valence-electron chi connectivity index (χ2n) is 6.03. The smallest absolute Gasteiger partial charge is 0.219 e. The summed E-state index contributed by atoms with van der Waals surface area (Å²) in [6, 6.07) is 11.1. The highest BCUT2D eigenvalue weighted by Crippen LogP contribution is 2.25. The summed E-state index contributed by atoms with van der Waals surface area (Å²) in [5.41, 5.74) is 0. The van der Waals surface area contributed by atoms with Crippen molar-refractivity contribution in [1.82, 2.24) is 4.72 Å². The van der Waals surface area contributed by atoms with Gasteiger partial charge >= 0.3 is 0 Å². The first kappa shape index (κ1) is 18.4. The second kappa shape index (κ2) is 7.07. The number of rotatable bonds is 5. The Hall–Kier alpha value is -1.41. The molecule has 3 rings (SSSR count). The van der Waals surface area contributed by atoms with Crippen molar-refractivity contribution in [2.24, 2.45) is 0 Å². The van der Waals surface area contributed by atoms with E-state index < -0.39 is 19.9 Å². The van der Waals surface area contributed by atoms with E-state index in [2.05, 4.69) is 4.72 Å². The summed E-state index contributed by atoms with van der Waals surface area (Å²) >= 11 is 5.79. The zero-order valence-corrected chi connectivity index (χ0v) is 15.7. The second-order valence-corrected chi connectivity index (χ2v) is 10.1. The molecule has 1 saturated carbocycles. The van der Waals surface area contributed by atoms with Gasteiger partial charge in [-0.25, -0.2) is 21.6 Å². The SMILES string of the molecule is O=S(=O)(NC1CCCC1)c1cccc(S(=O)(=O)c2ccc(Cl)cc2)c1. The van der Waals surface area contributed by atoms with E-state index in [9.17, 15) is 16.8 Å². The summed E-state index contributed by atoms with van der Waals surface area (Å²) in [5, 5.41) is 0.427. The van der Waals surface area contributed by atoms with Crippen molar-refractivity contribution in [2.45, 2.75) is 46.4 Å². The number of sulfone groups is 1. The molecule has 0 radical (unpaired) electrons. The lowest BCUT2D eigenvalue weighted by molar-refractivity contribution is 0.552. The Labute approximate surface area is 153 Å². The number of halogens is 1. The lowest BCUT2D eigenvalue weighted by Gasteiger charge is -2.13.